The van der Waals surface area contributed by atoms with E-state index in [1.54, 1.807) is 6.92 Å². The third-order valence-corrected chi connectivity index (χ3v) is 3.63. The lowest BCUT2D eigenvalue weighted by Gasteiger charge is -2.29. The summed E-state index contributed by atoms with van der Waals surface area (Å²) in [6.45, 7) is 9.17. The number of likely N-dealkylation sites (N-methyl/N-ethyl adjacent to an activating group) is 1. The molecule has 1 aromatic rings. The average molecular weight is 297 g/mol. The van der Waals surface area contributed by atoms with Crippen molar-refractivity contribution in [3.63, 3.8) is 0 Å². The second-order valence-corrected chi connectivity index (χ2v) is 4.93. The van der Waals surface area contributed by atoms with Crippen molar-refractivity contribution in [2.24, 2.45) is 0 Å². The van der Waals surface area contributed by atoms with Gasteiger partial charge in [0.1, 0.15) is 5.82 Å². The SMILES string of the molecule is CCN(CC)CCNC(C)(C(=O)OC)c1ccc(F)cn1. The first-order chi connectivity index (χ1) is 9.97. The van der Waals surface area contributed by atoms with E-state index in [1.807, 2.05) is 0 Å². The monoisotopic (exact) mass is 297 g/mol. The molecule has 0 spiro atoms. The van der Waals surface area contributed by atoms with Crippen molar-refractivity contribution in [3.05, 3.63) is 29.8 Å². The Balaban J connectivity index is 2.84. The van der Waals surface area contributed by atoms with Gasteiger partial charge in [-0.25, -0.2) is 9.18 Å². The summed E-state index contributed by atoms with van der Waals surface area (Å²) in [6, 6.07) is 2.78. The first-order valence-corrected chi connectivity index (χ1v) is 7.15. The topological polar surface area (TPSA) is 54.5 Å². The first kappa shape index (κ1) is 17.5. The van der Waals surface area contributed by atoms with Crippen LogP contribution in [0, 0.1) is 5.82 Å². The molecule has 1 aromatic heterocycles. The summed E-state index contributed by atoms with van der Waals surface area (Å²) in [5, 5.41) is 3.18. The molecule has 6 heteroatoms. The molecule has 1 unspecified atom stereocenters. The largest absolute Gasteiger partial charge is 0.467 e. The number of nitrogens with zero attached hydrogens (tertiary/aromatic N) is 2. The van der Waals surface area contributed by atoms with E-state index < -0.39 is 17.3 Å². The van der Waals surface area contributed by atoms with E-state index in [4.69, 9.17) is 4.74 Å². The number of aromatic nitrogens is 1. The molecule has 1 N–H and O–H groups in total. The van der Waals surface area contributed by atoms with E-state index in [2.05, 4.69) is 29.0 Å². The van der Waals surface area contributed by atoms with Crippen molar-refractivity contribution in [1.29, 1.82) is 0 Å². The molecule has 0 aromatic carbocycles. The van der Waals surface area contributed by atoms with Gasteiger partial charge in [0.2, 0.25) is 0 Å². The summed E-state index contributed by atoms with van der Waals surface area (Å²) in [5.74, 6) is -0.879. The molecule has 1 heterocycles. The Bertz CT molecular complexity index is 449. The Morgan fingerprint density at radius 2 is 2.10 bits per heavy atom. The summed E-state index contributed by atoms with van der Waals surface area (Å²) in [5.41, 5.74) is -0.648. The maximum absolute atomic E-state index is 13.0. The summed E-state index contributed by atoms with van der Waals surface area (Å²) < 4.78 is 17.9. The molecule has 0 amide bonds. The summed E-state index contributed by atoms with van der Waals surface area (Å²) in [7, 11) is 1.33. The molecule has 1 rings (SSSR count). The van der Waals surface area contributed by atoms with Crippen LogP contribution in [0.3, 0.4) is 0 Å². The number of halogens is 1. The third kappa shape index (κ3) is 4.47. The van der Waals surface area contributed by atoms with Crippen LogP contribution in [0.4, 0.5) is 4.39 Å². The molecule has 0 radical (unpaired) electrons. The minimum absolute atomic E-state index is 0.436. The zero-order valence-corrected chi connectivity index (χ0v) is 13.1. The molecule has 1 atom stereocenters. The zero-order valence-electron chi connectivity index (χ0n) is 13.1. The van der Waals surface area contributed by atoms with E-state index in [0.29, 0.717) is 12.2 Å². The Kier molecular flexibility index (Phi) is 6.71. The number of nitrogens with one attached hydrogen (secondary N) is 1. The van der Waals surface area contributed by atoms with Gasteiger partial charge in [0.05, 0.1) is 19.0 Å². The maximum atomic E-state index is 13.0. The van der Waals surface area contributed by atoms with Crippen LogP contribution in [0.2, 0.25) is 0 Å². The van der Waals surface area contributed by atoms with Crippen LogP contribution < -0.4 is 5.32 Å². The van der Waals surface area contributed by atoms with E-state index in [1.165, 1.54) is 19.2 Å². The van der Waals surface area contributed by atoms with E-state index >= 15 is 0 Å². The van der Waals surface area contributed by atoms with Crippen LogP contribution in [0.25, 0.3) is 0 Å². The van der Waals surface area contributed by atoms with Crippen LogP contribution in [0.1, 0.15) is 26.5 Å². The molecule has 0 aliphatic carbocycles. The highest BCUT2D eigenvalue weighted by atomic mass is 19.1. The lowest BCUT2D eigenvalue weighted by Crippen LogP contribution is -2.50. The lowest BCUT2D eigenvalue weighted by atomic mass is 9.97. The minimum Gasteiger partial charge on any atom is -0.467 e. The van der Waals surface area contributed by atoms with Gasteiger partial charge in [-0.15, -0.1) is 0 Å². The van der Waals surface area contributed by atoms with Gasteiger partial charge in [0.25, 0.3) is 0 Å². The highest BCUT2D eigenvalue weighted by molar-refractivity contribution is 5.81. The Hall–Kier alpha value is -1.53. The Labute approximate surface area is 125 Å². The molecule has 0 aliphatic rings. The van der Waals surface area contributed by atoms with Crippen molar-refractivity contribution < 1.29 is 13.9 Å². The van der Waals surface area contributed by atoms with Crippen molar-refractivity contribution in [1.82, 2.24) is 15.2 Å². The number of ether oxygens (including phenoxy) is 1. The Morgan fingerprint density at radius 1 is 1.43 bits per heavy atom. The standard InChI is InChI=1S/C15H24FN3O2/c1-5-19(6-2)10-9-18-15(3,14(20)21-4)13-8-7-12(16)11-17-13/h7-8,11,18H,5-6,9-10H2,1-4H3. The average Bonchev–Trinajstić information content (AvgIpc) is 2.51. The van der Waals surface area contributed by atoms with Gasteiger partial charge in [-0.3, -0.25) is 10.3 Å². The van der Waals surface area contributed by atoms with Crippen molar-refractivity contribution >= 4 is 5.97 Å². The summed E-state index contributed by atoms with van der Waals surface area (Å²) in [4.78, 5) is 18.3. The second-order valence-electron chi connectivity index (χ2n) is 4.93. The molecule has 0 saturated heterocycles. The zero-order chi connectivity index (χ0) is 15.9. The number of carbonyl (C=O) groups is 1. The van der Waals surface area contributed by atoms with Gasteiger partial charge in [-0.1, -0.05) is 13.8 Å². The number of methoxy groups -OCH3 is 1. The molecule has 0 fully saturated rings. The van der Waals surface area contributed by atoms with Crippen molar-refractivity contribution in [2.45, 2.75) is 26.3 Å². The van der Waals surface area contributed by atoms with Gasteiger partial charge in [-0.2, -0.15) is 0 Å². The van der Waals surface area contributed by atoms with Crippen molar-refractivity contribution in [3.8, 4) is 0 Å². The second kappa shape index (κ2) is 8.05. The lowest BCUT2D eigenvalue weighted by molar-refractivity contribution is -0.148. The minimum atomic E-state index is -1.09. The fourth-order valence-electron chi connectivity index (χ4n) is 2.15. The molecular formula is C15H24FN3O2. The highest BCUT2D eigenvalue weighted by Gasteiger charge is 2.37. The van der Waals surface area contributed by atoms with Gasteiger partial charge in [0.15, 0.2) is 5.54 Å². The summed E-state index contributed by atoms with van der Waals surface area (Å²) >= 11 is 0. The normalized spacial score (nSPS) is 14.0. The molecule has 118 valence electrons. The van der Waals surface area contributed by atoms with Crippen molar-refractivity contribution in [2.75, 3.05) is 33.3 Å². The van der Waals surface area contributed by atoms with Gasteiger partial charge >= 0.3 is 5.97 Å². The van der Waals surface area contributed by atoms with Crippen LogP contribution >= 0.6 is 0 Å². The molecule has 0 saturated carbocycles. The number of rotatable bonds is 8. The number of pyridine rings is 1. The highest BCUT2D eigenvalue weighted by Crippen LogP contribution is 2.20. The quantitative estimate of drug-likeness (QED) is 0.738. The fourth-order valence-corrected chi connectivity index (χ4v) is 2.15. The third-order valence-electron chi connectivity index (χ3n) is 3.63. The van der Waals surface area contributed by atoms with Crippen LogP contribution in [0.15, 0.2) is 18.3 Å². The number of hydrogen-bond donors (Lipinski definition) is 1. The predicted octanol–water partition coefficient (Wildman–Crippen LogP) is 1.54. The predicted molar refractivity (Wildman–Crippen MR) is 79.4 cm³/mol. The van der Waals surface area contributed by atoms with Gasteiger partial charge in [0, 0.05) is 13.1 Å². The maximum Gasteiger partial charge on any atom is 0.332 e. The van der Waals surface area contributed by atoms with Crippen LogP contribution in [0.5, 0.6) is 0 Å². The molecular weight excluding hydrogens is 273 g/mol. The van der Waals surface area contributed by atoms with Crippen LogP contribution in [-0.4, -0.2) is 49.1 Å². The molecule has 0 bridgehead atoms. The van der Waals surface area contributed by atoms with E-state index in [0.717, 1.165) is 25.8 Å². The summed E-state index contributed by atoms with van der Waals surface area (Å²) in [6.07, 6.45) is 1.10. The van der Waals surface area contributed by atoms with E-state index in [9.17, 15) is 9.18 Å². The molecule has 5 nitrogen and oxygen atoms in total. The van der Waals surface area contributed by atoms with E-state index in [-0.39, 0.29) is 0 Å². The number of carbonyl (C=O) groups excluding carboxylic acids is 1. The number of esters is 1. The fraction of sp³-hybridized carbons (Fsp3) is 0.600. The molecule has 0 aliphatic heterocycles. The Morgan fingerprint density at radius 3 is 2.57 bits per heavy atom. The van der Waals surface area contributed by atoms with Gasteiger partial charge in [-0.05, 0) is 32.1 Å². The first-order valence-electron chi connectivity index (χ1n) is 7.15. The molecule has 21 heavy (non-hydrogen) atoms. The smallest absolute Gasteiger partial charge is 0.332 e. The van der Waals surface area contributed by atoms with Crippen LogP contribution in [-0.2, 0) is 15.1 Å². The number of hydrogen-bond acceptors (Lipinski definition) is 5. The van der Waals surface area contributed by atoms with Gasteiger partial charge < -0.3 is 9.64 Å².